The minimum Gasteiger partial charge on any atom is -0.496 e. The molecule has 1 amide bonds. The topological polar surface area (TPSA) is 87.1 Å². The molecule has 0 radical (unpaired) electrons. The average molecular weight is 561 g/mol. The Balaban J connectivity index is 1.67. The molecule has 4 rings (SSSR count). The Bertz CT molecular complexity index is 1460. The number of ether oxygens (including phenoxy) is 3. The average Bonchev–Trinajstić information content (AvgIpc) is 3.59. The first-order chi connectivity index (χ1) is 19.5. The number of fused-ring (bicyclic) bond motifs is 1. The van der Waals surface area contributed by atoms with Gasteiger partial charge in [0.05, 0.1) is 32.7 Å². The van der Waals surface area contributed by atoms with Crippen molar-refractivity contribution in [1.82, 2.24) is 9.47 Å². The number of hydrogen-bond donors (Lipinski definition) is 0. The summed E-state index contributed by atoms with van der Waals surface area (Å²) in [6.45, 7) is 5.93. The Hall–Kier alpha value is -4.07. The van der Waals surface area contributed by atoms with Crippen LogP contribution in [0.3, 0.4) is 0 Å². The minimum absolute atomic E-state index is 0.111. The van der Waals surface area contributed by atoms with E-state index in [1.807, 2.05) is 63.2 Å². The molecule has 0 N–H and O–H groups in total. The van der Waals surface area contributed by atoms with E-state index in [9.17, 15) is 14.4 Å². The first-order valence-electron chi connectivity index (χ1n) is 14.0. The number of likely N-dealkylation sites (N-methyl/N-ethyl adjacent to an activating group) is 1. The highest BCUT2D eigenvalue weighted by Crippen LogP contribution is 2.29. The number of rotatable bonds is 9. The maximum Gasteiger partial charge on any atom is 0.338 e. The molecular formula is C33H40N2O6. The van der Waals surface area contributed by atoms with Crippen LogP contribution in [-0.4, -0.2) is 60.2 Å². The Morgan fingerprint density at radius 2 is 1.78 bits per heavy atom. The molecule has 2 aromatic carbocycles. The van der Waals surface area contributed by atoms with Crippen LogP contribution >= 0.6 is 0 Å². The maximum absolute atomic E-state index is 13.1. The van der Waals surface area contributed by atoms with Crippen LogP contribution < -0.4 is 4.74 Å². The Morgan fingerprint density at radius 3 is 2.44 bits per heavy atom. The van der Waals surface area contributed by atoms with E-state index in [1.54, 1.807) is 25.3 Å². The highest BCUT2D eigenvalue weighted by molar-refractivity contribution is 5.95. The zero-order valence-corrected chi connectivity index (χ0v) is 24.9. The van der Waals surface area contributed by atoms with Crippen molar-refractivity contribution >= 4 is 34.8 Å². The number of carbonyl (C=O) groups excluding carboxylic acids is 3. The van der Waals surface area contributed by atoms with E-state index < -0.39 is 17.5 Å². The molecule has 1 fully saturated rings. The fraction of sp³-hybridized carbons (Fsp3) is 0.424. The third-order valence-electron chi connectivity index (χ3n) is 7.46. The van der Waals surface area contributed by atoms with Gasteiger partial charge in [-0.05, 0) is 63.5 Å². The lowest BCUT2D eigenvalue weighted by atomic mass is 10.1. The van der Waals surface area contributed by atoms with Gasteiger partial charge in [0.2, 0.25) is 5.91 Å². The van der Waals surface area contributed by atoms with Crippen molar-refractivity contribution in [3.8, 4) is 5.75 Å². The maximum atomic E-state index is 13.1. The van der Waals surface area contributed by atoms with Gasteiger partial charge in [0, 0.05) is 47.4 Å². The predicted octanol–water partition coefficient (Wildman–Crippen LogP) is 5.78. The van der Waals surface area contributed by atoms with E-state index in [0.717, 1.165) is 40.4 Å². The Morgan fingerprint density at radius 1 is 1.05 bits per heavy atom. The van der Waals surface area contributed by atoms with Gasteiger partial charge in [-0.25, -0.2) is 9.59 Å². The predicted molar refractivity (Wildman–Crippen MR) is 159 cm³/mol. The molecule has 0 atom stereocenters. The van der Waals surface area contributed by atoms with E-state index >= 15 is 0 Å². The van der Waals surface area contributed by atoms with Gasteiger partial charge >= 0.3 is 11.9 Å². The standard InChI is InChI=1S/C33H40N2O6/c1-33(2,3)41-32(38)23-12-13-25(29(19-23)39-5)21-35-20-24(14-16-31(37)40-6)27-15-11-22(17-28(27)35)18-30(36)34(4)26-9-7-8-10-26/h11-17,19-20,26H,7-10,18,21H2,1-6H3. The monoisotopic (exact) mass is 560 g/mol. The van der Waals surface area contributed by atoms with Crippen LogP contribution in [0.25, 0.3) is 17.0 Å². The number of hydrogen-bond acceptors (Lipinski definition) is 6. The highest BCUT2D eigenvalue weighted by Gasteiger charge is 2.24. The number of aromatic nitrogens is 1. The van der Waals surface area contributed by atoms with Crippen molar-refractivity contribution in [2.75, 3.05) is 21.3 Å². The summed E-state index contributed by atoms with van der Waals surface area (Å²) in [6.07, 6.45) is 9.87. The summed E-state index contributed by atoms with van der Waals surface area (Å²) in [5.41, 5.74) is 3.35. The normalized spacial score (nSPS) is 14.0. The smallest absolute Gasteiger partial charge is 0.338 e. The van der Waals surface area contributed by atoms with Gasteiger partial charge in [-0.15, -0.1) is 0 Å². The molecule has 1 aromatic heterocycles. The minimum atomic E-state index is -0.605. The summed E-state index contributed by atoms with van der Waals surface area (Å²) >= 11 is 0. The van der Waals surface area contributed by atoms with Gasteiger partial charge in [0.25, 0.3) is 0 Å². The van der Waals surface area contributed by atoms with E-state index in [-0.39, 0.29) is 5.91 Å². The second kappa shape index (κ2) is 12.6. The second-order valence-electron chi connectivity index (χ2n) is 11.6. The molecule has 41 heavy (non-hydrogen) atoms. The van der Waals surface area contributed by atoms with Gasteiger partial charge in [0.1, 0.15) is 11.4 Å². The molecule has 0 bridgehead atoms. The van der Waals surface area contributed by atoms with Crippen molar-refractivity contribution < 1.29 is 28.6 Å². The van der Waals surface area contributed by atoms with Gasteiger partial charge < -0.3 is 23.7 Å². The molecule has 8 nitrogen and oxygen atoms in total. The third kappa shape index (κ3) is 7.37. The van der Waals surface area contributed by atoms with E-state index in [4.69, 9.17) is 14.2 Å². The van der Waals surface area contributed by atoms with Gasteiger partial charge in [-0.3, -0.25) is 4.79 Å². The van der Waals surface area contributed by atoms with Crippen LogP contribution in [0.2, 0.25) is 0 Å². The zero-order valence-electron chi connectivity index (χ0n) is 24.9. The molecule has 8 heteroatoms. The van der Waals surface area contributed by atoms with Crippen LogP contribution in [0.1, 0.15) is 73.5 Å². The lowest BCUT2D eigenvalue weighted by Gasteiger charge is -2.24. The lowest BCUT2D eigenvalue weighted by molar-refractivity contribution is -0.134. The molecule has 218 valence electrons. The number of benzene rings is 2. The first kappa shape index (κ1) is 29.9. The van der Waals surface area contributed by atoms with Crippen LogP contribution in [0.4, 0.5) is 0 Å². The van der Waals surface area contributed by atoms with Crippen LogP contribution in [0, 0.1) is 0 Å². The van der Waals surface area contributed by atoms with Gasteiger partial charge in [-0.2, -0.15) is 0 Å². The molecule has 0 unspecified atom stereocenters. The van der Waals surface area contributed by atoms with Crippen molar-refractivity contribution in [3.63, 3.8) is 0 Å². The largest absolute Gasteiger partial charge is 0.496 e. The molecule has 1 saturated carbocycles. The number of carbonyl (C=O) groups is 3. The fourth-order valence-electron chi connectivity index (χ4n) is 5.28. The molecule has 1 heterocycles. The molecule has 0 aliphatic heterocycles. The molecular weight excluding hydrogens is 520 g/mol. The summed E-state index contributed by atoms with van der Waals surface area (Å²) in [6, 6.07) is 11.6. The van der Waals surface area contributed by atoms with Crippen molar-refractivity contribution in [2.45, 2.75) is 71.1 Å². The van der Waals surface area contributed by atoms with Gasteiger partial charge in [-0.1, -0.05) is 31.0 Å². The molecule has 1 aliphatic rings. The number of amides is 1. The second-order valence-corrected chi connectivity index (χ2v) is 11.6. The van der Waals surface area contributed by atoms with Crippen molar-refractivity contribution in [1.29, 1.82) is 0 Å². The summed E-state index contributed by atoms with van der Waals surface area (Å²) in [7, 11) is 4.82. The summed E-state index contributed by atoms with van der Waals surface area (Å²) < 4.78 is 18.0. The van der Waals surface area contributed by atoms with Gasteiger partial charge in [0.15, 0.2) is 0 Å². The number of esters is 2. The van der Waals surface area contributed by atoms with Crippen molar-refractivity contribution in [2.24, 2.45) is 0 Å². The molecule has 1 aliphatic carbocycles. The Labute approximate surface area is 241 Å². The van der Waals surface area contributed by atoms with Crippen LogP contribution in [-0.2, 0) is 32.0 Å². The zero-order chi connectivity index (χ0) is 29.7. The highest BCUT2D eigenvalue weighted by atomic mass is 16.6. The number of methoxy groups -OCH3 is 2. The molecule has 0 saturated heterocycles. The quantitative estimate of drug-likeness (QED) is 0.243. The van der Waals surface area contributed by atoms with E-state index in [2.05, 4.69) is 4.57 Å². The number of nitrogens with zero attached hydrogens (tertiary/aromatic N) is 2. The first-order valence-corrected chi connectivity index (χ1v) is 14.0. The SMILES string of the molecule is COC(=O)C=Cc1cn(Cc2ccc(C(=O)OC(C)(C)C)cc2OC)c2cc(CC(=O)N(C)C3CCCC3)ccc12. The fourth-order valence-corrected chi connectivity index (χ4v) is 5.28. The van der Waals surface area contributed by atoms with Crippen LogP contribution in [0.15, 0.2) is 48.7 Å². The molecule has 0 spiro atoms. The van der Waals surface area contributed by atoms with E-state index in [1.165, 1.54) is 26.0 Å². The van der Waals surface area contributed by atoms with Crippen molar-refractivity contribution in [3.05, 3.63) is 70.9 Å². The lowest BCUT2D eigenvalue weighted by Crippen LogP contribution is -2.36. The van der Waals surface area contributed by atoms with Crippen LogP contribution in [0.5, 0.6) is 5.75 Å². The third-order valence-corrected chi connectivity index (χ3v) is 7.46. The Kier molecular flexibility index (Phi) is 9.21. The summed E-state index contributed by atoms with van der Waals surface area (Å²) in [5, 5.41) is 0.940. The summed E-state index contributed by atoms with van der Waals surface area (Å²) in [5.74, 6) is -0.186. The molecule has 3 aromatic rings. The summed E-state index contributed by atoms with van der Waals surface area (Å²) in [4.78, 5) is 39.4. The van der Waals surface area contributed by atoms with E-state index in [0.29, 0.717) is 30.3 Å².